The number of nitrogens with zero attached hydrogens (tertiary/aromatic N) is 1. The van der Waals surface area contributed by atoms with E-state index in [0.29, 0.717) is 11.5 Å². The summed E-state index contributed by atoms with van der Waals surface area (Å²) >= 11 is 1.53. The number of fused-ring (bicyclic) bond motifs is 1. The fourth-order valence-electron chi connectivity index (χ4n) is 3.05. The third-order valence-corrected chi connectivity index (χ3v) is 5.79. The summed E-state index contributed by atoms with van der Waals surface area (Å²) in [6.45, 7) is 1.71. The summed E-state index contributed by atoms with van der Waals surface area (Å²) in [7, 11) is 0. The van der Waals surface area contributed by atoms with Gasteiger partial charge in [-0.15, -0.1) is 11.3 Å². The number of rotatable bonds is 6. The molecule has 0 saturated heterocycles. The topological polar surface area (TPSA) is 68.3 Å². The van der Waals surface area contributed by atoms with E-state index >= 15 is 0 Å². The summed E-state index contributed by atoms with van der Waals surface area (Å²) in [5.41, 5.74) is 2.03. The Kier molecular flexibility index (Phi) is 4.90. The highest BCUT2D eigenvalue weighted by atomic mass is 32.1. The number of esters is 1. The first-order valence-corrected chi connectivity index (χ1v) is 9.85. The standard InChI is InChI=1S/C21H20N2O3S/c1-13(14-10-11-14)22-19(24)12-26-21(25)16-7-3-2-6-15(16)20-23-17-8-4-5-9-18(17)27-20/h2-9,13-14H,10-12H2,1H3,(H,22,24)/t13-/m1/s1. The number of carbonyl (C=O) groups excluding carboxylic acids is 2. The van der Waals surface area contributed by atoms with Crippen LogP contribution in [0.25, 0.3) is 20.8 Å². The van der Waals surface area contributed by atoms with Crippen LogP contribution < -0.4 is 5.32 Å². The van der Waals surface area contributed by atoms with Crippen LogP contribution in [-0.2, 0) is 9.53 Å². The number of amides is 1. The van der Waals surface area contributed by atoms with Crippen LogP contribution in [0.1, 0.15) is 30.1 Å². The van der Waals surface area contributed by atoms with Crippen LogP contribution >= 0.6 is 11.3 Å². The molecule has 1 atom stereocenters. The van der Waals surface area contributed by atoms with Gasteiger partial charge in [0.05, 0.1) is 15.8 Å². The van der Waals surface area contributed by atoms with Crippen LogP contribution in [0.3, 0.4) is 0 Å². The third kappa shape index (κ3) is 4.01. The number of ether oxygens (including phenoxy) is 1. The maximum Gasteiger partial charge on any atom is 0.339 e. The van der Waals surface area contributed by atoms with Crippen LogP contribution in [-0.4, -0.2) is 29.5 Å². The predicted octanol–water partition coefficient (Wildman–Crippen LogP) is 4.03. The summed E-state index contributed by atoms with van der Waals surface area (Å²) < 4.78 is 6.31. The predicted molar refractivity (Wildman–Crippen MR) is 106 cm³/mol. The zero-order chi connectivity index (χ0) is 18.8. The van der Waals surface area contributed by atoms with Gasteiger partial charge < -0.3 is 10.1 Å². The highest BCUT2D eigenvalue weighted by Crippen LogP contribution is 2.33. The molecule has 1 saturated carbocycles. The third-order valence-electron chi connectivity index (χ3n) is 4.72. The van der Waals surface area contributed by atoms with Crippen molar-refractivity contribution in [1.82, 2.24) is 10.3 Å². The molecule has 27 heavy (non-hydrogen) atoms. The molecule has 1 aromatic heterocycles. The van der Waals surface area contributed by atoms with Crippen LogP contribution in [0.15, 0.2) is 48.5 Å². The van der Waals surface area contributed by atoms with Gasteiger partial charge in [-0.1, -0.05) is 30.3 Å². The highest BCUT2D eigenvalue weighted by molar-refractivity contribution is 7.21. The molecule has 1 heterocycles. The molecule has 1 aliphatic carbocycles. The minimum Gasteiger partial charge on any atom is -0.452 e. The number of carbonyl (C=O) groups is 2. The first-order valence-electron chi connectivity index (χ1n) is 9.03. The number of hydrogen-bond donors (Lipinski definition) is 1. The lowest BCUT2D eigenvalue weighted by Crippen LogP contribution is -2.37. The van der Waals surface area contributed by atoms with E-state index in [1.54, 1.807) is 12.1 Å². The van der Waals surface area contributed by atoms with Gasteiger partial charge in [0, 0.05) is 11.6 Å². The highest BCUT2D eigenvalue weighted by Gasteiger charge is 2.29. The Morgan fingerprint density at radius 1 is 1.19 bits per heavy atom. The van der Waals surface area contributed by atoms with E-state index in [0.717, 1.165) is 33.6 Å². The second kappa shape index (κ2) is 7.48. The molecule has 4 rings (SSSR count). The molecule has 1 aliphatic rings. The van der Waals surface area contributed by atoms with Crippen LogP contribution in [0, 0.1) is 5.92 Å². The van der Waals surface area contributed by atoms with Crippen LogP contribution in [0.5, 0.6) is 0 Å². The molecule has 2 aromatic carbocycles. The van der Waals surface area contributed by atoms with E-state index in [2.05, 4.69) is 10.3 Å². The SMILES string of the molecule is C[C@@H](NC(=O)COC(=O)c1ccccc1-c1nc2ccccc2s1)C1CC1. The molecule has 3 aromatic rings. The average molecular weight is 380 g/mol. The molecule has 0 radical (unpaired) electrons. The maximum absolute atomic E-state index is 12.6. The minimum atomic E-state index is -0.515. The molecule has 1 fully saturated rings. The fourth-order valence-corrected chi connectivity index (χ4v) is 4.06. The maximum atomic E-state index is 12.6. The Hall–Kier alpha value is -2.73. The molecule has 0 bridgehead atoms. The Balaban J connectivity index is 1.48. The lowest BCUT2D eigenvalue weighted by molar-refractivity contribution is -0.124. The van der Waals surface area contributed by atoms with Crippen molar-refractivity contribution in [2.45, 2.75) is 25.8 Å². The van der Waals surface area contributed by atoms with Crippen molar-refractivity contribution < 1.29 is 14.3 Å². The van der Waals surface area contributed by atoms with Gasteiger partial charge in [-0.2, -0.15) is 0 Å². The van der Waals surface area contributed by atoms with Crippen molar-refractivity contribution in [3.05, 3.63) is 54.1 Å². The van der Waals surface area contributed by atoms with E-state index < -0.39 is 5.97 Å². The zero-order valence-electron chi connectivity index (χ0n) is 15.0. The van der Waals surface area contributed by atoms with Crippen molar-refractivity contribution in [2.75, 3.05) is 6.61 Å². The normalized spacial score (nSPS) is 14.7. The molecule has 138 valence electrons. The van der Waals surface area contributed by atoms with Gasteiger partial charge in [0.1, 0.15) is 5.01 Å². The van der Waals surface area contributed by atoms with Crippen molar-refractivity contribution >= 4 is 33.4 Å². The summed E-state index contributed by atoms with van der Waals surface area (Å²) in [6, 6.07) is 15.2. The van der Waals surface area contributed by atoms with Crippen molar-refractivity contribution in [2.24, 2.45) is 5.92 Å². The molecular weight excluding hydrogens is 360 g/mol. The molecule has 1 amide bonds. The largest absolute Gasteiger partial charge is 0.452 e. The summed E-state index contributed by atoms with van der Waals surface area (Å²) in [5.74, 6) is -0.219. The lowest BCUT2D eigenvalue weighted by atomic mass is 10.1. The molecule has 0 unspecified atom stereocenters. The molecule has 5 nitrogen and oxygen atoms in total. The van der Waals surface area contributed by atoms with Gasteiger partial charge in [-0.25, -0.2) is 9.78 Å². The number of benzene rings is 2. The van der Waals surface area contributed by atoms with Crippen molar-refractivity contribution in [3.63, 3.8) is 0 Å². The van der Waals surface area contributed by atoms with Crippen molar-refractivity contribution in [1.29, 1.82) is 0 Å². The Labute approximate surface area is 161 Å². The number of thiazole rings is 1. The average Bonchev–Trinajstić information content (AvgIpc) is 3.45. The lowest BCUT2D eigenvalue weighted by Gasteiger charge is -2.13. The molecular formula is C21H20N2O3S. The van der Waals surface area contributed by atoms with Crippen LogP contribution in [0.4, 0.5) is 0 Å². The Bertz CT molecular complexity index is 961. The van der Waals surface area contributed by atoms with Gasteiger partial charge >= 0.3 is 5.97 Å². The smallest absolute Gasteiger partial charge is 0.339 e. The summed E-state index contributed by atoms with van der Waals surface area (Å²) in [6.07, 6.45) is 2.30. The van der Waals surface area contributed by atoms with E-state index in [4.69, 9.17) is 4.74 Å². The first-order chi connectivity index (χ1) is 13.1. The molecule has 0 spiro atoms. The van der Waals surface area contributed by atoms with Crippen molar-refractivity contribution in [3.8, 4) is 10.6 Å². The fraction of sp³-hybridized carbons (Fsp3) is 0.286. The number of para-hydroxylation sites is 1. The number of nitrogens with one attached hydrogen (secondary N) is 1. The quantitative estimate of drug-likeness (QED) is 0.656. The van der Waals surface area contributed by atoms with Gasteiger partial charge in [-0.3, -0.25) is 4.79 Å². The second-order valence-electron chi connectivity index (χ2n) is 6.80. The van der Waals surface area contributed by atoms with Gasteiger partial charge in [0.2, 0.25) is 0 Å². The van der Waals surface area contributed by atoms with Gasteiger partial charge in [0.25, 0.3) is 5.91 Å². The van der Waals surface area contributed by atoms with E-state index in [-0.39, 0.29) is 18.6 Å². The Morgan fingerprint density at radius 3 is 2.70 bits per heavy atom. The van der Waals surface area contributed by atoms with Gasteiger partial charge in [0.15, 0.2) is 6.61 Å². The summed E-state index contributed by atoms with van der Waals surface area (Å²) in [4.78, 5) is 29.2. The molecule has 6 heteroatoms. The Morgan fingerprint density at radius 2 is 1.93 bits per heavy atom. The zero-order valence-corrected chi connectivity index (χ0v) is 15.8. The molecule has 1 N–H and O–H groups in total. The summed E-state index contributed by atoms with van der Waals surface area (Å²) in [5, 5.41) is 3.65. The van der Waals surface area contributed by atoms with Gasteiger partial charge in [-0.05, 0) is 43.9 Å². The molecule has 0 aliphatic heterocycles. The minimum absolute atomic E-state index is 0.131. The van der Waals surface area contributed by atoms with E-state index in [9.17, 15) is 9.59 Å². The monoisotopic (exact) mass is 380 g/mol. The number of hydrogen-bond acceptors (Lipinski definition) is 5. The second-order valence-corrected chi connectivity index (χ2v) is 7.83. The first kappa shape index (κ1) is 17.7. The van der Waals surface area contributed by atoms with E-state index in [1.807, 2.05) is 43.3 Å². The van der Waals surface area contributed by atoms with Crippen LogP contribution in [0.2, 0.25) is 0 Å². The van der Waals surface area contributed by atoms with E-state index in [1.165, 1.54) is 11.3 Å². The number of aromatic nitrogens is 1.